The summed E-state index contributed by atoms with van der Waals surface area (Å²) in [7, 11) is 3.66. The summed E-state index contributed by atoms with van der Waals surface area (Å²) in [5.41, 5.74) is 2.38. The lowest BCUT2D eigenvalue weighted by Crippen LogP contribution is -2.33. The van der Waals surface area contributed by atoms with Gasteiger partial charge >= 0.3 is 0 Å². The number of amides is 1. The molecule has 0 fully saturated rings. The van der Waals surface area contributed by atoms with Crippen LogP contribution in [-0.2, 0) is 0 Å². The van der Waals surface area contributed by atoms with E-state index in [2.05, 4.69) is 10.4 Å². The fourth-order valence-corrected chi connectivity index (χ4v) is 1.99. The van der Waals surface area contributed by atoms with Crippen LogP contribution >= 0.6 is 12.4 Å². The second-order valence-corrected chi connectivity index (χ2v) is 4.75. The summed E-state index contributed by atoms with van der Waals surface area (Å²) in [6.45, 7) is 3.37. The van der Waals surface area contributed by atoms with Crippen molar-refractivity contribution in [3.8, 4) is 5.69 Å². The summed E-state index contributed by atoms with van der Waals surface area (Å²) in [6, 6.07) is 11.6. The van der Waals surface area contributed by atoms with Crippen LogP contribution in [0.25, 0.3) is 5.69 Å². The molecule has 0 aliphatic heterocycles. The van der Waals surface area contributed by atoms with Gasteiger partial charge in [0.1, 0.15) is 0 Å². The van der Waals surface area contributed by atoms with Crippen molar-refractivity contribution in [2.75, 3.05) is 27.2 Å². The standard InChI is InChI=1S/C15H20N4O.ClH/c1-12-11-14(15(20)18(3)10-9-16-2)17-19(12)13-7-5-4-6-8-13;/h4-8,11,16H,9-10H2,1-3H3;1H. The molecule has 0 atom stereocenters. The zero-order chi connectivity index (χ0) is 14.5. The highest BCUT2D eigenvalue weighted by atomic mass is 35.5. The van der Waals surface area contributed by atoms with Crippen molar-refractivity contribution < 1.29 is 4.79 Å². The van der Waals surface area contributed by atoms with Gasteiger partial charge in [-0.2, -0.15) is 5.10 Å². The lowest BCUT2D eigenvalue weighted by Gasteiger charge is -2.15. The molecule has 6 heteroatoms. The van der Waals surface area contributed by atoms with Crippen LogP contribution in [-0.4, -0.2) is 47.8 Å². The fraction of sp³-hybridized carbons (Fsp3) is 0.333. The Morgan fingerprint density at radius 2 is 2.00 bits per heavy atom. The van der Waals surface area contributed by atoms with Crippen LogP contribution in [0.15, 0.2) is 36.4 Å². The van der Waals surface area contributed by atoms with Gasteiger partial charge < -0.3 is 10.2 Å². The van der Waals surface area contributed by atoms with Crippen LogP contribution in [0.4, 0.5) is 0 Å². The molecule has 0 saturated carbocycles. The first-order valence-electron chi connectivity index (χ1n) is 6.65. The molecule has 1 N–H and O–H groups in total. The molecule has 21 heavy (non-hydrogen) atoms. The smallest absolute Gasteiger partial charge is 0.274 e. The number of halogens is 1. The van der Waals surface area contributed by atoms with E-state index in [1.165, 1.54) is 0 Å². The third kappa shape index (κ3) is 4.06. The first-order chi connectivity index (χ1) is 9.63. The van der Waals surface area contributed by atoms with E-state index in [0.717, 1.165) is 17.9 Å². The van der Waals surface area contributed by atoms with Crippen LogP contribution in [0, 0.1) is 6.92 Å². The van der Waals surface area contributed by atoms with Gasteiger partial charge in [0.2, 0.25) is 0 Å². The van der Waals surface area contributed by atoms with Crippen molar-refractivity contribution in [1.29, 1.82) is 0 Å². The molecule has 0 saturated heterocycles. The first kappa shape index (κ1) is 17.2. The Hall–Kier alpha value is -1.85. The Labute approximate surface area is 131 Å². The molecule has 1 heterocycles. The number of likely N-dealkylation sites (N-methyl/N-ethyl adjacent to an activating group) is 2. The molecular weight excluding hydrogens is 288 g/mol. The molecule has 0 bridgehead atoms. The molecule has 114 valence electrons. The maximum atomic E-state index is 12.3. The van der Waals surface area contributed by atoms with Crippen LogP contribution < -0.4 is 5.32 Å². The average Bonchev–Trinajstić information content (AvgIpc) is 2.86. The van der Waals surface area contributed by atoms with Crippen molar-refractivity contribution in [3.63, 3.8) is 0 Å². The number of nitrogens with zero attached hydrogens (tertiary/aromatic N) is 3. The number of hydrogen-bond donors (Lipinski definition) is 1. The number of aryl methyl sites for hydroxylation is 1. The topological polar surface area (TPSA) is 50.2 Å². The highest BCUT2D eigenvalue weighted by Crippen LogP contribution is 2.12. The lowest BCUT2D eigenvalue weighted by atomic mass is 10.3. The Bertz CT molecular complexity index is 583. The number of carbonyl (C=O) groups excluding carboxylic acids is 1. The lowest BCUT2D eigenvalue weighted by molar-refractivity contribution is 0.0790. The highest BCUT2D eigenvalue weighted by molar-refractivity contribution is 5.92. The average molecular weight is 309 g/mol. The molecule has 5 nitrogen and oxygen atoms in total. The van der Waals surface area contributed by atoms with E-state index in [4.69, 9.17) is 0 Å². The zero-order valence-electron chi connectivity index (χ0n) is 12.5. The summed E-state index contributed by atoms with van der Waals surface area (Å²) in [5.74, 6) is -0.0574. The van der Waals surface area contributed by atoms with E-state index >= 15 is 0 Å². The molecule has 0 aliphatic rings. The number of rotatable bonds is 5. The van der Waals surface area contributed by atoms with E-state index < -0.39 is 0 Å². The van der Waals surface area contributed by atoms with Gasteiger partial charge in [-0.1, -0.05) is 18.2 Å². The Kier molecular flexibility index (Phi) is 6.39. The minimum absolute atomic E-state index is 0. The number of para-hydroxylation sites is 1. The van der Waals surface area contributed by atoms with E-state index in [1.807, 2.05) is 50.4 Å². The number of carbonyl (C=O) groups is 1. The molecule has 0 spiro atoms. The minimum atomic E-state index is -0.0574. The Balaban J connectivity index is 0.00000220. The summed E-state index contributed by atoms with van der Waals surface area (Å²) in [4.78, 5) is 13.9. The van der Waals surface area contributed by atoms with Gasteiger partial charge in [0, 0.05) is 25.8 Å². The zero-order valence-corrected chi connectivity index (χ0v) is 13.4. The number of nitrogens with one attached hydrogen (secondary N) is 1. The van der Waals surface area contributed by atoms with Crippen LogP contribution in [0.3, 0.4) is 0 Å². The number of aromatic nitrogens is 2. The normalized spacial score (nSPS) is 10.0. The van der Waals surface area contributed by atoms with Gasteiger partial charge in [-0.05, 0) is 32.2 Å². The van der Waals surface area contributed by atoms with Gasteiger partial charge in [-0.15, -0.1) is 12.4 Å². The van der Waals surface area contributed by atoms with E-state index in [-0.39, 0.29) is 18.3 Å². The molecular formula is C15H21ClN4O. The molecule has 2 rings (SSSR count). The quantitative estimate of drug-likeness (QED) is 0.918. The van der Waals surface area contributed by atoms with Crippen molar-refractivity contribution in [3.05, 3.63) is 47.8 Å². The van der Waals surface area contributed by atoms with Crippen molar-refractivity contribution in [2.45, 2.75) is 6.92 Å². The van der Waals surface area contributed by atoms with Gasteiger partial charge in [-0.3, -0.25) is 4.79 Å². The highest BCUT2D eigenvalue weighted by Gasteiger charge is 2.16. The Morgan fingerprint density at radius 1 is 1.33 bits per heavy atom. The molecule has 1 amide bonds. The summed E-state index contributed by atoms with van der Waals surface area (Å²) >= 11 is 0. The first-order valence-corrected chi connectivity index (χ1v) is 6.65. The maximum absolute atomic E-state index is 12.3. The largest absolute Gasteiger partial charge is 0.339 e. The molecule has 2 aromatic rings. The van der Waals surface area contributed by atoms with Crippen molar-refractivity contribution in [2.24, 2.45) is 0 Å². The number of benzene rings is 1. The van der Waals surface area contributed by atoms with Crippen LogP contribution in [0.2, 0.25) is 0 Å². The monoisotopic (exact) mass is 308 g/mol. The minimum Gasteiger partial charge on any atom is -0.339 e. The van der Waals surface area contributed by atoms with Crippen molar-refractivity contribution in [1.82, 2.24) is 20.0 Å². The van der Waals surface area contributed by atoms with E-state index in [0.29, 0.717) is 12.2 Å². The predicted octanol–water partition coefficient (Wildman–Crippen LogP) is 1.89. The summed E-state index contributed by atoms with van der Waals surface area (Å²) in [6.07, 6.45) is 0. The van der Waals surface area contributed by atoms with E-state index in [1.54, 1.807) is 16.6 Å². The van der Waals surface area contributed by atoms with Crippen molar-refractivity contribution >= 4 is 18.3 Å². The van der Waals surface area contributed by atoms with Crippen LogP contribution in [0.1, 0.15) is 16.2 Å². The van der Waals surface area contributed by atoms with Gasteiger partial charge in [0.05, 0.1) is 5.69 Å². The van der Waals surface area contributed by atoms with Gasteiger partial charge in [0.15, 0.2) is 5.69 Å². The molecule has 0 aliphatic carbocycles. The molecule has 0 radical (unpaired) electrons. The maximum Gasteiger partial charge on any atom is 0.274 e. The van der Waals surface area contributed by atoms with Crippen LogP contribution in [0.5, 0.6) is 0 Å². The third-order valence-corrected chi connectivity index (χ3v) is 3.15. The molecule has 1 aromatic carbocycles. The van der Waals surface area contributed by atoms with Gasteiger partial charge in [0.25, 0.3) is 5.91 Å². The van der Waals surface area contributed by atoms with E-state index in [9.17, 15) is 4.79 Å². The molecule has 1 aromatic heterocycles. The third-order valence-electron chi connectivity index (χ3n) is 3.15. The number of hydrogen-bond acceptors (Lipinski definition) is 3. The Morgan fingerprint density at radius 3 is 2.62 bits per heavy atom. The summed E-state index contributed by atoms with van der Waals surface area (Å²) < 4.78 is 1.79. The SMILES string of the molecule is CNCCN(C)C(=O)c1cc(C)n(-c2ccccc2)n1.Cl. The fourth-order valence-electron chi connectivity index (χ4n) is 1.99. The second kappa shape index (κ2) is 7.81. The predicted molar refractivity (Wildman–Crippen MR) is 86.4 cm³/mol. The van der Waals surface area contributed by atoms with Gasteiger partial charge in [-0.25, -0.2) is 4.68 Å². The molecule has 0 unspecified atom stereocenters. The summed E-state index contributed by atoms with van der Waals surface area (Å²) in [5, 5.41) is 7.44. The second-order valence-electron chi connectivity index (χ2n) is 4.75.